The molecule has 3 nitrogen and oxygen atoms in total. The fourth-order valence-corrected chi connectivity index (χ4v) is 2.53. The largest absolute Gasteiger partial charge is 0.314 e. The van der Waals surface area contributed by atoms with E-state index in [1.807, 2.05) is 0 Å². The Labute approximate surface area is 101 Å². The molecule has 1 aliphatic heterocycles. The molecule has 0 aromatic rings. The first-order chi connectivity index (χ1) is 7.63. The molecule has 0 saturated carbocycles. The topological polar surface area (TPSA) is 18.5 Å². The van der Waals surface area contributed by atoms with Gasteiger partial charge in [-0.1, -0.05) is 6.92 Å². The summed E-state index contributed by atoms with van der Waals surface area (Å²) in [6.45, 7) is 9.25. The Morgan fingerprint density at radius 2 is 2.25 bits per heavy atom. The van der Waals surface area contributed by atoms with Crippen molar-refractivity contribution in [1.29, 1.82) is 0 Å². The molecule has 3 heteroatoms. The van der Waals surface area contributed by atoms with Crippen LogP contribution in [0.5, 0.6) is 0 Å². The van der Waals surface area contributed by atoms with Gasteiger partial charge in [0.1, 0.15) is 0 Å². The van der Waals surface area contributed by atoms with E-state index in [1.54, 1.807) is 0 Å². The third-order valence-electron chi connectivity index (χ3n) is 3.69. The summed E-state index contributed by atoms with van der Waals surface area (Å²) in [5.74, 6) is 0. The van der Waals surface area contributed by atoms with E-state index in [9.17, 15) is 0 Å². The van der Waals surface area contributed by atoms with Crippen molar-refractivity contribution in [1.82, 2.24) is 15.1 Å². The Kier molecular flexibility index (Phi) is 6.32. The molecule has 0 amide bonds. The highest BCUT2D eigenvalue weighted by Crippen LogP contribution is 2.15. The van der Waals surface area contributed by atoms with Gasteiger partial charge in [0.05, 0.1) is 0 Å². The molecule has 1 heterocycles. The molecule has 1 fully saturated rings. The lowest BCUT2D eigenvalue weighted by molar-refractivity contribution is 0.214. The lowest BCUT2D eigenvalue weighted by atomic mass is 10.2. The molecule has 2 unspecified atom stereocenters. The van der Waals surface area contributed by atoms with Crippen molar-refractivity contribution in [3.8, 4) is 0 Å². The molecule has 0 spiro atoms. The maximum Gasteiger partial charge on any atom is 0.0220 e. The van der Waals surface area contributed by atoms with E-state index in [0.717, 1.165) is 12.6 Å². The van der Waals surface area contributed by atoms with Crippen LogP contribution in [-0.4, -0.2) is 62.2 Å². The zero-order valence-corrected chi connectivity index (χ0v) is 11.5. The Morgan fingerprint density at radius 3 is 2.81 bits per heavy atom. The summed E-state index contributed by atoms with van der Waals surface area (Å²) in [6, 6.07) is 1.44. The third kappa shape index (κ3) is 4.81. The number of nitrogens with one attached hydrogen (secondary N) is 1. The van der Waals surface area contributed by atoms with Gasteiger partial charge >= 0.3 is 0 Å². The van der Waals surface area contributed by atoms with Gasteiger partial charge in [0.25, 0.3) is 0 Å². The zero-order chi connectivity index (χ0) is 12.0. The second kappa shape index (κ2) is 7.25. The van der Waals surface area contributed by atoms with Crippen LogP contribution in [0.4, 0.5) is 0 Å². The van der Waals surface area contributed by atoms with E-state index in [4.69, 9.17) is 0 Å². The molecular formula is C13H29N3. The van der Waals surface area contributed by atoms with Gasteiger partial charge in [0.2, 0.25) is 0 Å². The molecule has 0 aromatic heterocycles. The SMILES string of the molecule is CCNC(C)CCN(C)CC1CCCN1C. The molecule has 1 saturated heterocycles. The number of hydrogen-bond donors (Lipinski definition) is 1. The van der Waals surface area contributed by atoms with Crippen molar-refractivity contribution in [2.24, 2.45) is 0 Å². The normalized spacial score (nSPS) is 24.2. The van der Waals surface area contributed by atoms with Gasteiger partial charge in [0.15, 0.2) is 0 Å². The van der Waals surface area contributed by atoms with E-state index < -0.39 is 0 Å². The minimum atomic E-state index is 0.647. The second-order valence-corrected chi connectivity index (χ2v) is 5.29. The number of likely N-dealkylation sites (N-methyl/N-ethyl adjacent to an activating group) is 2. The monoisotopic (exact) mass is 227 g/mol. The van der Waals surface area contributed by atoms with Crippen LogP contribution in [0.2, 0.25) is 0 Å². The van der Waals surface area contributed by atoms with E-state index in [-0.39, 0.29) is 0 Å². The van der Waals surface area contributed by atoms with Crippen LogP contribution in [0, 0.1) is 0 Å². The Balaban J connectivity index is 2.12. The van der Waals surface area contributed by atoms with Crippen LogP contribution in [0.25, 0.3) is 0 Å². The molecule has 0 radical (unpaired) electrons. The van der Waals surface area contributed by atoms with Gasteiger partial charge in [-0.15, -0.1) is 0 Å². The molecule has 0 bridgehead atoms. The van der Waals surface area contributed by atoms with Crippen molar-refractivity contribution in [2.75, 3.05) is 40.3 Å². The average molecular weight is 227 g/mol. The molecule has 1 N–H and O–H groups in total. The molecule has 0 aliphatic carbocycles. The van der Waals surface area contributed by atoms with E-state index in [2.05, 4.69) is 43.1 Å². The highest BCUT2D eigenvalue weighted by molar-refractivity contribution is 4.79. The zero-order valence-electron chi connectivity index (χ0n) is 11.5. The van der Waals surface area contributed by atoms with Crippen LogP contribution >= 0.6 is 0 Å². The Morgan fingerprint density at radius 1 is 1.50 bits per heavy atom. The van der Waals surface area contributed by atoms with Crippen LogP contribution < -0.4 is 5.32 Å². The molecule has 1 rings (SSSR count). The lowest BCUT2D eigenvalue weighted by Crippen LogP contribution is -2.38. The minimum Gasteiger partial charge on any atom is -0.314 e. The number of hydrogen-bond acceptors (Lipinski definition) is 3. The van der Waals surface area contributed by atoms with E-state index >= 15 is 0 Å². The van der Waals surface area contributed by atoms with Crippen molar-refractivity contribution < 1.29 is 0 Å². The molecule has 16 heavy (non-hydrogen) atoms. The standard InChI is InChI=1S/C13H29N3/c1-5-14-12(2)8-10-15(3)11-13-7-6-9-16(13)4/h12-14H,5-11H2,1-4H3. The predicted octanol–water partition coefficient (Wildman–Crippen LogP) is 1.40. The molecule has 1 aliphatic rings. The number of likely N-dealkylation sites (tertiary alicyclic amines) is 1. The lowest BCUT2D eigenvalue weighted by Gasteiger charge is -2.26. The van der Waals surface area contributed by atoms with Gasteiger partial charge in [0, 0.05) is 18.6 Å². The van der Waals surface area contributed by atoms with Gasteiger partial charge < -0.3 is 15.1 Å². The molecule has 96 valence electrons. The second-order valence-electron chi connectivity index (χ2n) is 5.29. The molecule has 0 aromatic carbocycles. The summed E-state index contributed by atoms with van der Waals surface area (Å²) in [5, 5.41) is 3.47. The molecular weight excluding hydrogens is 198 g/mol. The predicted molar refractivity (Wildman–Crippen MR) is 70.9 cm³/mol. The van der Waals surface area contributed by atoms with E-state index in [1.165, 1.54) is 38.9 Å². The fourth-order valence-electron chi connectivity index (χ4n) is 2.53. The summed E-state index contributed by atoms with van der Waals surface area (Å²) in [4.78, 5) is 4.99. The number of rotatable bonds is 7. The maximum absolute atomic E-state index is 3.47. The van der Waals surface area contributed by atoms with Crippen molar-refractivity contribution in [3.63, 3.8) is 0 Å². The highest BCUT2D eigenvalue weighted by atomic mass is 15.2. The Hall–Kier alpha value is -0.120. The average Bonchev–Trinajstić information content (AvgIpc) is 2.62. The minimum absolute atomic E-state index is 0.647. The Bertz CT molecular complexity index is 184. The first-order valence-electron chi connectivity index (χ1n) is 6.75. The molecule has 2 atom stereocenters. The van der Waals surface area contributed by atoms with Crippen molar-refractivity contribution in [3.05, 3.63) is 0 Å². The summed E-state index contributed by atoms with van der Waals surface area (Å²) in [7, 11) is 4.51. The first-order valence-corrected chi connectivity index (χ1v) is 6.75. The van der Waals surface area contributed by atoms with Gasteiger partial charge in [-0.3, -0.25) is 0 Å². The van der Waals surface area contributed by atoms with Crippen LogP contribution in [0.15, 0.2) is 0 Å². The van der Waals surface area contributed by atoms with Gasteiger partial charge in [-0.2, -0.15) is 0 Å². The van der Waals surface area contributed by atoms with Gasteiger partial charge in [-0.25, -0.2) is 0 Å². The van der Waals surface area contributed by atoms with Crippen molar-refractivity contribution >= 4 is 0 Å². The van der Waals surface area contributed by atoms with Crippen LogP contribution in [-0.2, 0) is 0 Å². The smallest absolute Gasteiger partial charge is 0.0220 e. The summed E-state index contributed by atoms with van der Waals surface area (Å²) < 4.78 is 0. The maximum atomic E-state index is 3.47. The summed E-state index contributed by atoms with van der Waals surface area (Å²) in [5.41, 5.74) is 0. The van der Waals surface area contributed by atoms with Crippen LogP contribution in [0.1, 0.15) is 33.1 Å². The van der Waals surface area contributed by atoms with Crippen LogP contribution in [0.3, 0.4) is 0 Å². The first kappa shape index (κ1) is 13.9. The number of nitrogens with zero attached hydrogens (tertiary/aromatic N) is 2. The summed E-state index contributed by atoms with van der Waals surface area (Å²) in [6.07, 6.45) is 4.01. The highest BCUT2D eigenvalue weighted by Gasteiger charge is 2.21. The van der Waals surface area contributed by atoms with Crippen molar-refractivity contribution in [2.45, 2.75) is 45.2 Å². The third-order valence-corrected chi connectivity index (χ3v) is 3.69. The van der Waals surface area contributed by atoms with E-state index in [0.29, 0.717) is 6.04 Å². The van der Waals surface area contributed by atoms with Gasteiger partial charge in [-0.05, 0) is 59.9 Å². The summed E-state index contributed by atoms with van der Waals surface area (Å²) >= 11 is 0. The fraction of sp³-hybridized carbons (Fsp3) is 1.00. The quantitative estimate of drug-likeness (QED) is 0.709.